The summed E-state index contributed by atoms with van der Waals surface area (Å²) in [6.07, 6.45) is -0.321. The maximum atomic E-state index is 13.2. The van der Waals surface area contributed by atoms with E-state index in [9.17, 15) is 18.0 Å². The molecule has 8 nitrogen and oxygen atoms in total. The van der Waals surface area contributed by atoms with E-state index in [0.29, 0.717) is 31.0 Å². The molecule has 5 atom stereocenters. The molecule has 0 radical (unpaired) electrons. The first-order valence-corrected chi connectivity index (χ1v) is 11.2. The van der Waals surface area contributed by atoms with E-state index in [4.69, 9.17) is 19.2 Å². The zero-order valence-corrected chi connectivity index (χ0v) is 19.0. The molecule has 0 N–H and O–H groups in total. The largest absolute Gasteiger partial charge is 0.495 e. The average molecular weight is 470 g/mol. The molecule has 0 aromatic rings. The Bertz CT molecular complexity index is 899. The summed E-state index contributed by atoms with van der Waals surface area (Å²) >= 11 is 0. The number of aliphatic imine (C=N–C) groups is 3. The van der Waals surface area contributed by atoms with Crippen molar-refractivity contribution >= 4 is 23.7 Å². The van der Waals surface area contributed by atoms with Crippen LogP contribution in [0, 0.1) is 17.8 Å². The van der Waals surface area contributed by atoms with E-state index in [0.717, 1.165) is 12.1 Å². The summed E-state index contributed by atoms with van der Waals surface area (Å²) in [5.41, 5.74) is 0.876. The van der Waals surface area contributed by atoms with Crippen molar-refractivity contribution in [3.63, 3.8) is 0 Å². The second-order valence-corrected chi connectivity index (χ2v) is 8.96. The Morgan fingerprint density at radius 1 is 1.24 bits per heavy atom. The first kappa shape index (κ1) is 23.6. The van der Waals surface area contributed by atoms with E-state index in [-0.39, 0.29) is 54.6 Å². The van der Waals surface area contributed by atoms with Gasteiger partial charge < -0.3 is 19.1 Å². The van der Waals surface area contributed by atoms with Crippen molar-refractivity contribution in [2.75, 3.05) is 33.9 Å². The quantitative estimate of drug-likeness (QED) is 0.618. The van der Waals surface area contributed by atoms with Gasteiger partial charge in [0.2, 0.25) is 5.91 Å². The van der Waals surface area contributed by atoms with Crippen molar-refractivity contribution in [3.8, 4) is 0 Å². The molecule has 4 aliphatic heterocycles. The van der Waals surface area contributed by atoms with Crippen molar-refractivity contribution in [3.05, 3.63) is 11.6 Å². The van der Waals surface area contributed by atoms with Crippen LogP contribution in [0.15, 0.2) is 26.6 Å². The molecule has 4 aliphatic rings. The van der Waals surface area contributed by atoms with E-state index in [1.165, 1.54) is 0 Å². The molecule has 0 aromatic carbocycles. The highest BCUT2D eigenvalue weighted by Gasteiger charge is 2.47. The molecule has 4 rings (SSSR count). The van der Waals surface area contributed by atoms with Gasteiger partial charge in [0.1, 0.15) is 0 Å². The zero-order chi connectivity index (χ0) is 23.8. The maximum Gasteiger partial charge on any atom is 0.422 e. The van der Waals surface area contributed by atoms with E-state index >= 15 is 0 Å². The van der Waals surface area contributed by atoms with Gasteiger partial charge in [0, 0.05) is 30.7 Å². The molecule has 0 bridgehead atoms. The second kappa shape index (κ2) is 9.34. The van der Waals surface area contributed by atoms with Gasteiger partial charge in [-0.25, -0.2) is 4.99 Å². The van der Waals surface area contributed by atoms with Crippen LogP contribution in [-0.2, 0) is 19.0 Å². The molecule has 0 spiro atoms. The molecular weight excluding hydrogens is 441 g/mol. The molecule has 11 heteroatoms. The number of fused-ring (bicyclic) bond motifs is 1. The third-order valence-electron chi connectivity index (χ3n) is 6.74. The topological polar surface area (TPSA) is 85.1 Å². The van der Waals surface area contributed by atoms with E-state index in [2.05, 4.69) is 16.9 Å². The standard InChI is InChI=1S/C22H29F3N4O4/c1-12-6-15(13-7-17(31-2)20(32-3)27-8-13)28-16-10-29(21(30)19(12)16)14-4-5-18(26-9-14)33-11-22(23,24)25/h8,12-15,19H,4-7,9-11H2,1-3H3. The number of nitrogens with zero attached hydrogens (tertiary/aromatic N) is 4. The molecule has 1 fully saturated rings. The van der Waals surface area contributed by atoms with E-state index in [1.54, 1.807) is 19.1 Å². The number of ether oxygens (including phenoxy) is 3. The summed E-state index contributed by atoms with van der Waals surface area (Å²) in [6.45, 7) is 1.41. The van der Waals surface area contributed by atoms with Gasteiger partial charge in [-0.2, -0.15) is 13.2 Å². The molecule has 1 saturated heterocycles. The van der Waals surface area contributed by atoms with Crippen LogP contribution in [0.25, 0.3) is 0 Å². The second-order valence-electron chi connectivity index (χ2n) is 8.96. The van der Waals surface area contributed by atoms with Crippen LogP contribution in [0.1, 0.15) is 32.6 Å². The van der Waals surface area contributed by atoms with Crippen LogP contribution in [0.4, 0.5) is 13.2 Å². The number of halogens is 3. The minimum atomic E-state index is -4.39. The molecule has 0 aromatic heterocycles. The number of hydrogen-bond acceptors (Lipinski definition) is 7. The summed E-state index contributed by atoms with van der Waals surface area (Å²) in [5.74, 6) is 1.25. The Kier molecular flexibility index (Phi) is 6.67. The van der Waals surface area contributed by atoms with Crippen molar-refractivity contribution in [1.29, 1.82) is 0 Å². The number of alkyl halides is 3. The van der Waals surface area contributed by atoms with Crippen molar-refractivity contribution in [2.45, 2.75) is 50.9 Å². The lowest BCUT2D eigenvalue weighted by molar-refractivity contribution is -0.156. The highest BCUT2D eigenvalue weighted by molar-refractivity contribution is 6.12. The zero-order valence-electron chi connectivity index (χ0n) is 19.0. The molecule has 5 unspecified atom stereocenters. The fourth-order valence-corrected chi connectivity index (χ4v) is 5.09. The van der Waals surface area contributed by atoms with Gasteiger partial charge >= 0.3 is 6.18 Å². The molecule has 0 saturated carbocycles. The van der Waals surface area contributed by atoms with Gasteiger partial charge in [0.15, 0.2) is 18.3 Å². The summed E-state index contributed by atoms with van der Waals surface area (Å²) in [4.78, 5) is 28.5. The third-order valence-corrected chi connectivity index (χ3v) is 6.74. The number of carbonyl (C=O) groups is 1. The molecular formula is C22H29F3N4O4. The molecule has 33 heavy (non-hydrogen) atoms. The smallest absolute Gasteiger partial charge is 0.422 e. The third kappa shape index (κ3) is 5.01. The predicted octanol–water partition coefficient (Wildman–Crippen LogP) is 2.99. The molecule has 0 aliphatic carbocycles. The minimum absolute atomic E-state index is 0.00180. The van der Waals surface area contributed by atoms with Gasteiger partial charge in [-0.3, -0.25) is 14.8 Å². The lowest BCUT2D eigenvalue weighted by atomic mass is 9.79. The predicted molar refractivity (Wildman–Crippen MR) is 115 cm³/mol. The van der Waals surface area contributed by atoms with Crippen LogP contribution >= 0.6 is 0 Å². The highest BCUT2D eigenvalue weighted by atomic mass is 19.4. The average Bonchev–Trinajstić information content (AvgIpc) is 3.13. The van der Waals surface area contributed by atoms with Crippen molar-refractivity contribution < 1.29 is 32.2 Å². The van der Waals surface area contributed by atoms with Gasteiger partial charge in [0.25, 0.3) is 5.88 Å². The normalized spacial score (nSPS) is 32.4. The Labute approximate surface area is 190 Å². The van der Waals surface area contributed by atoms with Gasteiger partial charge in [-0.05, 0) is 18.8 Å². The lowest BCUT2D eigenvalue weighted by Gasteiger charge is -2.33. The Balaban J connectivity index is 1.42. The summed E-state index contributed by atoms with van der Waals surface area (Å²) in [6, 6.07) is -0.156. The first-order chi connectivity index (χ1) is 15.7. The Hall–Kier alpha value is -2.59. The first-order valence-electron chi connectivity index (χ1n) is 11.2. The maximum absolute atomic E-state index is 13.2. The summed E-state index contributed by atoms with van der Waals surface area (Å²) in [5, 5.41) is 0. The van der Waals surface area contributed by atoms with E-state index < -0.39 is 12.8 Å². The fraction of sp³-hybridized carbons (Fsp3) is 0.727. The number of carbonyl (C=O) groups excluding carboxylic acids is 1. The van der Waals surface area contributed by atoms with E-state index in [1.807, 2.05) is 6.21 Å². The van der Waals surface area contributed by atoms with Crippen molar-refractivity contribution in [1.82, 2.24) is 4.90 Å². The molecule has 4 heterocycles. The SMILES string of the molecule is COC1=C(OC)N=CC(C2CC(C)C3C(=O)N(C4CCC(OCC(F)(F)F)=NC4)CC3=N2)C1. The van der Waals surface area contributed by atoms with Gasteiger partial charge in [-0.1, -0.05) is 6.92 Å². The van der Waals surface area contributed by atoms with Crippen molar-refractivity contribution in [2.24, 2.45) is 32.7 Å². The van der Waals surface area contributed by atoms with Gasteiger partial charge in [-0.15, -0.1) is 0 Å². The number of methoxy groups -OCH3 is 2. The van der Waals surface area contributed by atoms with Crippen LogP contribution in [0.2, 0.25) is 0 Å². The van der Waals surface area contributed by atoms with Gasteiger partial charge in [0.05, 0.1) is 45.3 Å². The number of allylic oxidation sites excluding steroid dienone is 1. The van der Waals surface area contributed by atoms with Crippen LogP contribution in [0.5, 0.6) is 0 Å². The lowest BCUT2D eigenvalue weighted by Crippen LogP contribution is -2.42. The summed E-state index contributed by atoms with van der Waals surface area (Å²) < 4.78 is 52.6. The van der Waals surface area contributed by atoms with Crippen LogP contribution in [-0.4, -0.2) is 80.8 Å². The fourth-order valence-electron chi connectivity index (χ4n) is 5.09. The summed E-state index contributed by atoms with van der Waals surface area (Å²) in [7, 11) is 3.15. The number of amides is 1. The number of hydrogen-bond donors (Lipinski definition) is 0. The Morgan fingerprint density at radius 3 is 2.67 bits per heavy atom. The van der Waals surface area contributed by atoms with Crippen LogP contribution in [0.3, 0.4) is 0 Å². The minimum Gasteiger partial charge on any atom is -0.495 e. The highest BCUT2D eigenvalue weighted by Crippen LogP contribution is 2.38. The number of rotatable bonds is 5. The molecule has 182 valence electrons. The van der Waals surface area contributed by atoms with Crippen LogP contribution < -0.4 is 0 Å². The number of likely N-dealkylation sites (tertiary alicyclic amines) is 1. The Morgan fingerprint density at radius 2 is 2.03 bits per heavy atom. The molecule has 1 amide bonds. The monoisotopic (exact) mass is 470 g/mol.